The molecule has 0 aliphatic rings. The van der Waals surface area contributed by atoms with E-state index in [1.807, 2.05) is 0 Å². The first-order valence-corrected chi connectivity index (χ1v) is 6.69. The van der Waals surface area contributed by atoms with E-state index in [1.165, 1.54) is 0 Å². The summed E-state index contributed by atoms with van der Waals surface area (Å²) in [6.07, 6.45) is 1.11. The van der Waals surface area contributed by atoms with Gasteiger partial charge in [0.1, 0.15) is 0 Å². The van der Waals surface area contributed by atoms with Crippen molar-refractivity contribution in [2.45, 2.75) is 39.3 Å². The Hall–Kier alpha value is -0.160. The lowest BCUT2D eigenvalue weighted by Gasteiger charge is -2.35. The Morgan fingerprint density at radius 2 is 1.76 bits per heavy atom. The maximum absolute atomic E-state index is 9.52. The third kappa shape index (κ3) is 6.36. The van der Waals surface area contributed by atoms with E-state index in [0.29, 0.717) is 5.92 Å². The number of aliphatic hydroxyl groups is 1. The van der Waals surface area contributed by atoms with Gasteiger partial charge in [0.2, 0.25) is 0 Å². The number of hydrogen-bond donors (Lipinski definition) is 2. The molecule has 4 nitrogen and oxygen atoms in total. The summed E-state index contributed by atoms with van der Waals surface area (Å²) in [5.41, 5.74) is 6.17. The fourth-order valence-corrected chi connectivity index (χ4v) is 2.07. The van der Waals surface area contributed by atoms with Crippen LogP contribution in [0.25, 0.3) is 0 Å². The topological polar surface area (TPSA) is 52.7 Å². The standard InChI is InChI=1S/C13H31N3O/c1-6-16(9-7-8-15(4)5)12(10-17)13(14)11(2)3/h11-13,17H,6-10,14H2,1-5H3. The minimum Gasteiger partial charge on any atom is -0.395 e. The van der Waals surface area contributed by atoms with Crippen molar-refractivity contribution in [1.82, 2.24) is 9.80 Å². The van der Waals surface area contributed by atoms with Gasteiger partial charge in [-0.25, -0.2) is 0 Å². The summed E-state index contributed by atoms with van der Waals surface area (Å²) in [5.74, 6) is 0.398. The highest BCUT2D eigenvalue weighted by Gasteiger charge is 2.25. The molecule has 0 rings (SSSR count). The van der Waals surface area contributed by atoms with Gasteiger partial charge in [0, 0.05) is 12.1 Å². The SMILES string of the molecule is CCN(CCCN(C)C)C(CO)C(N)C(C)C. The number of nitrogens with zero attached hydrogens (tertiary/aromatic N) is 2. The second-order valence-electron chi connectivity index (χ2n) is 5.36. The summed E-state index contributed by atoms with van der Waals surface area (Å²) in [6, 6.07) is 0.126. The van der Waals surface area contributed by atoms with Crippen LogP contribution in [0.4, 0.5) is 0 Å². The monoisotopic (exact) mass is 245 g/mol. The minimum atomic E-state index is 0.0410. The molecule has 0 fully saturated rings. The van der Waals surface area contributed by atoms with Gasteiger partial charge in [-0.2, -0.15) is 0 Å². The number of nitrogens with two attached hydrogens (primary N) is 1. The van der Waals surface area contributed by atoms with Crippen LogP contribution in [-0.2, 0) is 0 Å². The molecule has 0 aromatic carbocycles. The molecule has 0 saturated carbocycles. The van der Waals surface area contributed by atoms with Gasteiger partial charge in [0.15, 0.2) is 0 Å². The van der Waals surface area contributed by atoms with Crippen molar-refractivity contribution in [2.75, 3.05) is 40.3 Å². The van der Waals surface area contributed by atoms with E-state index in [0.717, 1.165) is 26.1 Å². The molecule has 0 radical (unpaired) electrons. The molecule has 0 aromatic heterocycles. The predicted molar refractivity (Wildman–Crippen MR) is 74.1 cm³/mol. The average molecular weight is 245 g/mol. The van der Waals surface area contributed by atoms with Crippen LogP contribution in [0.2, 0.25) is 0 Å². The van der Waals surface area contributed by atoms with Crippen LogP contribution in [0.3, 0.4) is 0 Å². The molecule has 2 atom stereocenters. The smallest absolute Gasteiger partial charge is 0.0602 e. The van der Waals surface area contributed by atoms with Gasteiger partial charge in [-0.05, 0) is 46.1 Å². The van der Waals surface area contributed by atoms with Crippen molar-refractivity contribution < 1.29 is 5.11 Å². The van der Waals surface area contributed by atoms with E-state index in [-0.39, 0.29) is 18.7 Å². The molecule has 0 aliphatic carbocycles. The molecule has 0 saturated heterocycles. The molecule has 0 aromatic rings. The van der Waals surface area contributed by atoms with Gasteiger partial charge in [-0.15, -0.1) is 0 Å². The van der Waals surface area contributed by atoms with Gasteiger partial charge < -0.3 is 15.7 Å². The largest absolute Gasteiger partial charge is 0.395 e. The van der Waals surface area contributed by atoms with Crippen LogP contribution in [0, 0.1) is 5.92 Å². The molecule has 0 heterocycles. The van der Waals surface area contributed by atoms with Crippen LogP contribution >= 0.6 is 0 Å². The summed E-state index contributed by atoms with van der Waals surface area (Å²) in [6.45, 7) is 9.52. The first-order valence-electron chi connectivity index (χ1n) is 6.69. The predicted octanol–water partition coefficient (Wildman–Crippen LogP) is 0.604. The van der Waals surface area contributed by atoms with Crippen molar-refractivity contribution in [2.24, 2.45) is 11.7 Å². The number of likely N-dealkylation sites (N-methyl/N-ethyl adjacent to an activating group) is 1. The van der Waals surface area contributed by atoms with Crippen LogP contribution in [-0.4, -0.2) is 67.3 Å². The van der Waals surface area contributed by atoms with E-state index in [1.54, 1.807) is 0 Å². The van der Waals surface area contributed by atoms with Gasteiger partial charge >= 0.3 is 0 Å². The fourth-order valence-electron chi connectivity index (χ4n) is 2.07. The van der Waals surface area contributed by atoms with E-state index >= 15 is 0 Å². The quantitative estimate of drug-likeness (QED) is 0.625. The van der Waals surface area contributed by atoms with E-state index < -0.39 is 0 Å². The minimum absolute atomic E-state index is 0.0410. The molecular formula is C13H31N3O. The van der Waals surface area contributed by atoms with Gasteiger partial charge in [0.05, 0.1) is 6.61 Å². The number of rotatable bonds is 9. The van der Waals surface area contributed by atoms with E-state index in [9.17, 15) is 5.11 Å². The maximum atomic E-state index is 9.52. The Kier molecular flexibility index (Phi) is 8.78. The van der Waals surface area contributed by atoms with Crippen molar-refractivity contribution in [3.8, 4) is 0 Å². The Morgan fingerprint density at radius 3 is 2.12 bits per heavy atom. The zero-order valence-electron chi connectivity index (χ0n) is 12.2. The number of aliphatic hydroxyl groups excluding tert-OH is 1. The first-order chi connectivity index (χ1) is 7.93. The summed E-state index contributed by atoms with van der Waals surface area (Å²) in [4.78, 5) is 4.48. The molecule has 2 unspecified atom stereocenters. The molecule has 3 N–H and O–H groups in total. The normalized spacial score (nSPS) is 15.9. The Morgan fingerprint density at radius 1 is 1.18 bits per heavy atom. The highest BCUT2D eigenvalue weighted by Crippen LogP contribution is 2.11. The summed E-state index contributed by atoms with van der Waals surface area (Å²) < 4.78 is 0. The van der Waals surface area contributed by atoms with Crippen molar-refractivity contribution >= 4 is 0 Å². The average Bonchev–Trinajstić information content (AvgIpc) is 2.26. The number of hydrogen-bond acceptors (Lipinski definition) is 4. The third-order valence-electron chi connectivity index (χ3n) is 3.33. The summed E-state index contributed by atoms with van der Waals surface area (Å²) >= 11 is 0. The molecular weight excluding hydrogens is 214 g/mol. The lowest BCUT2D eigenvalue weighted by atomic mass is 9.96. The molecule has 17 heavy (non-hydrogen) atoms. The van der Waals surface area contributed by atoms with Gasteiger partial charge in [0.25, 0.3) is 0 Å². The van der Waals surface area contributed by atoms with Gasteiger partial charge in [-0.3, -0.25) is 4.90 Å². The summed E-state index contributed by atoms with van der Waals surface area (Å²) in [7, 11) is 4.17. The van der Waals surface area contributed by atoms with E-state index in [2.05, 4.69) is 44.7 Å². The van der Waals surface area contributed by atoms with Crippen molar-refractivity contribution in [3.63, 3.8) is 0 Å². The second kappa shape index (κ2) is 8.86. The second-order valence-corrected chi connectivity index (χ2v) is 5.36. The Bertz CT molecular complexity index is 186. The highest BCUT2D eigenvalue weighted by molar-refractivity contribution is 4.83. The lowest BCUT2D eigenvalue weighted by Crippen LogP contribution is -2.52. The Labute approximate surface area is 107 Å². The molecule has 4 heteroatoms. The summed E-state index contributed by atoms with van der Waals surface area (Å²) in [5, 5.41) is 9.52. The van der Waals surface area contributed by atoms with Crippen LogP contribution in [0.15, 0.2) is 0 Å². The van der Waals surface area contributed by atoms with Crippen LogP contribution < -0.4 is 5.73 Å². The third-order valence-corrected chi connectivity index (χ3v) is 3.33. The molecule has 0 bridgehead atoms. The lowest BCUT2D eigenvalue weighted by molar-refractivity contribution is 0.0928. The maximum Gasteiger partial charge on any atom is 0.0602 e. The molecule has 0 spiro atoms. The van der Waals surface area contributed by atoms with Crippen molar-refractivity contribution in [3.05, 3.63) is 0 Å². The molecule has 104 valence electrons. The first kappa shape index (κ1) is 16.8. The highest BCUT2D eigenvalue weighted by atomic mass is 16.3. The fraction of sp³-hybridized carbons (Fsp3) is 1.00. The van der Waals surface area contributed by atoms with Crippen LogP contribution in [0.1, 0.15) is 27.2 Å². The zero-order valence-corrected chi connectivity index (χ0v) is 12.2. The molecule has 0 amide bonds. The Balaban J connectivity index is 4.28. The zero-order chi connectivity index (χ0) is 13.4. The van der Waals surface area contributed by atoms with Crippen LogP contribution in [0.5, 0.6) is 0 Å². The molecule has 0 aliphatic heterocycles. The van der Waals surface area contributed by atoms with Gasteiger partial charge in [-0.1, -0.05) is 20.8 Å². The van der Waals surface area contributed by atoms with Crippen molar-refractivity contribution in [1.29, 1.82) is 0 Å². The van der Waals surface area contributed by atoms with E-state index in [4.69, 9.17) is 5.73 Å².